The molecule has 168 valence electrons. The van der Waals surface area contributed by atoms with Gasteiger partial charge in [-0.3, -0.25) is 0 Å². The molecule has 2 fully saturated rings. The first-order valence-electron chi connectivity index (χ1n) is 11.4. The summed E-state index contributed by atoms with van der Waals surface area (Å²) in [6.45, 7) is 9.73. The first-order valence-corrected chi connectivity index (χ1v) is 11.4. The Labute approximate surface area is 188 Å². The highest BCUT2D eigenvalue weighted by Gasteiger charge is 2.40. The second-order valence-corrected chi connectivity index (χ2v) is 9.61. The lowest BCUT2D eigenvalue weighted by Crippen LogP contribution is -2.33. The van der Waals surface area contributed by atoms with Crippen molar-refractivity contribution in [1.29, 1.82) is 0 Å². The van der Waals surface area contributed by atoms with Gasteiger partial charge < -0.3 is 14.7 Å². The third-order valence-electron chi connectivity index (χ3n) is 6.99. The molecule has 3 aromatic rings. The van der Waals surface area contributed by atoms with Crippen LogP contribution in [-0.4, -0.2) is 52.1 Å². The second kappa shape index (κ2) is 7.89. The molecule has 1 aromatic carbocycles. The molecule has 0 saturated carbocycles. The lowest BCUT2D eigenvalue weighted by molar-refractivity contribution is 0.0254. The first kappa shape index (κ1) is 20.9. The number of aryl methyl sites for hydroxylation is 1. The number of pyridine rings is 1. The van der Waals surface area contributed by atoms with Crippen molar-refractivity contribution in [3.8, 4) is 5.69 Å². The Morgan fingerprint density at radius 3 is 2.66 bits per heavy atom. The van der Waals surface area contributed by atoms with Gasteiger partial charge in [0.05, 0.1) is 22.5 Å². The zero-order valence-corrected chi connectivity index (χ0v) is 19.0. The molecule has 0 unspecified atom stereocenters. The molecule has 0 atom stereocenters. The molecule has 0 bridgehead atoms. The monoisotopic (exact) mass is 434 g/mol. The van der Waals surface area contributed by atoms with Crippen molar-refractivity contribution in [2.45, 2.75) is 46.0 Å². The Morgan fingerprint density at radius 1 is 1.19 bits per heavy atom. The summed E-state index contributed by atoms with van der Waals surface area (Å²) in [6.07, 6.45) is 3.22. The summed E-state index contributed by atoms with van der Waals surface area (Å²) in [5, 5.41) is 15.8. The highest BCUT2D eigenvalue weighted by Crippen LogP contribution is 2.44. The number of nitrogens with zero attached hydrogens (tertiary/aromatic N) is 4. The average Bonchev–Trinajstić information content (AvgIpc) is 3.36. The Kier molecular flexibility index (Phi) is 5.16. The molecule has 1 N–H and O–H groups in total. The van der Waals surface area contributed by atoms with E-state index >= 15 is 0 Å². The topological polar surface area (TPSA) is 80.5 Å². The van der Waals surface area contributed by atoms with Crippen LogP contribution < -0.4 is 4.90 Å². The van der Waals surface area contributed by atoms with Crippen LogP contribution >= 0.6 is 0 Å². The molecule has 4 heterocycles. The van der Waals surface area contributed by atoms with Gasteiger partial charge in [0.2, 0.25) is 0 Å². The van der Waals surface area contributed by atoms with Crippen molar-refractivity contribution in [1.82, 2.24) is 14.8 Å². The van der Waals surface area contributed by atoms with Gasteiger partial charge in [-0.15, -0.1) is 0 Å². The van der Waals surface area contributed by atoms with Gasteiger partial charge in [0.15, 0.2) is 11.3 Å². The van der Waals surface area contributed by atoms with Crippen LogP contribution in [0, 0.1) is 12.3 Å². The zero-order chi connectivity index (χ0) is 22.5. The molecule has 0 amide bonds. The molecule has 2 aliphatic rings. The van der Waals surface area contributed by atoms with E-state index < -0.39 is 5.97 Å². The van der Waals surface area contributed by atoms with Crippen LogP contribution in [-0.2, 0) is 4.74 Å². The number of carboxylic acid groups (broad SMARTS) is 1. The van der Waals surface area contributed by atoms with E-state index in [1.165, 1.54) is 0 Å². The fraction of sp³-hybridized carbons (Fsp3) is 0.480. The van der Waals surface area contributed by atoms with Crippen molar-refractivity contribution in [2.75, 3.05) is 31.2 Å². The largest absolute Gasteiger partial charge is 0.477 e. The maximum atomic E-state index is 12.0. The summed E-state index contributed by atoms with van der Waals surface area (Å²) in [5.74, 6) is -0.837. The van der Waals surface area contributed by atoms with E-state index in [2.05, 4.69) is 29.8 Å². The zero-order valence-electron chi connectivity index (χ0n) is 19.0. The Hall–Kier alpha value is -2.93. The van der Waals surface area contributed by atoms with Crippen LogP contribution in [0.5, 0.6) is 0 Å². The number of fused-ring (bicyclic) bond motifs is 1. The third-order valence-corrected chi connectivity index (χ3v) is 6.99. The second-order valence-electron chi connectivity index (χ2n) is 9.61. The molecule has 2 aromatic heterocycles. The minimum atomic E-state index is -1.02. The van der Waals surface area contributed by atoms with Crippen molar-refractivity contribution < 1.29 is 14.6 Å². The van der Waals surface area contributed by atoms with Crippen LogP contribution in [0.4, 0.5) is 5.69 Å². The van der Waals surface area contributed by atoms with E-state index in [-0.39, 0.29) is 17.0 Å². The van der Waals surface area contributed by atoms with Crippen molar-refractivity contribution in [3.63, 3.8) is 0 Å². The molecule has 1 spiro atoms. The van der Waals surface area contributed by atoms with Gasteiger partial charge in [0.1, 0.15) is 0 Å². The molecule has 5 rings (SSSR count). The maximum absolute atomic E-state index is 12.0. The van der Waals surface area contributed by atoms with Gasteiger partial charge in [0, 0.05) is 26.3 Å². The molecule has 0 radical (unpaired) electrons. The molecule has 2 aliphatic heterocycles. The Bertz CT molecular complexity index is 1180. The van der Waals surface area contributed by atoms with E-state index in [0.717, 1.165) is 73.6 Å². The Balaban J connectivity index is 1.71. The van der Waals surface area contributed by atoms with Gasteiger partial charge in [0.25, 0.3) is 0 Å². The Morgan fingerprint density at radius 2 is 1.97 bits per heavy atom. The number of benzene rings is 1. The number of hydrogen-bond donors (Lipinski definition) is 1. The summed E-state index contributed by atoms with van der Waals surface area (Å²) in [4.78, 5) is 19.0. The highest BCUT2D eigenvalue weighted by molar-refractivity contribution is 5.98. The fourth-order valence-corrected chi connectivity index (χ4v) is 5.18. The van der Waals surface area contributed by atoms with Crippen LogP contribution in [0.15, 0.2) is 30.3 Å². The number of carbonyl (C=O) groups is 1. The summed E-state index contributed by atoms with van der Waals surface area (Å²) in [7, 11) is 0. The van der Waals surface area contributed by atoms with E-state index in [1.807, 2.05) is 29.8 Å². The van der Waals surface area contributed by atoms with Gasteiger partial charge in [-0.1, -0.05) is 26.0 Å². The van der Waals surface area contributed by atoms with E-state index in [4.69, 9.17) is 9.84 Å². The summed E-state index contributed by atoms with van der Waals surface area (Å²) in [5.41, 5.74) is 4.83. The number of ether oxygens (including phenoxy) is 1. The first-order chi connectivity index (χ1) is 15.4. The maximum Gasteiger partial charge on any atom is 0.354 e. The predicted molar refractivity (Wildman–Crippen MR) is 124 cm³/mol. The fourth-order valence-electron chi connectivity index (χ4n) is 5.18. The van der Waals surface area contributed by atoms with Crippen LogP contribution in [0.2, 0.25) is 0 Å². The van der Waals surface area contributed by atoms with Crippen molar-refractivity contribution in [2.24, 2.45) is 5.41 Å². The molecule has 32 heavy (non-hydrogen) atoms. The van der Waals surface area contributed by atoms with Crippen molar-refractivity contribution in [3.05, 3.63) is 47.3 Å². The van der Waals surface area contributed by atoms with Gasteiger partial charge in [-0.05, 0) is 61.3 Å². The molecular formula is C25H30N4O3. The summed E-state index contributed by atoms with van der Waals surface area (Å²) in [6, 6.07) is 9.82. The SMILES string of the molecule is Cc1cccc(-n2nc(C(C)C)c3c(N4CCC5(CCOCC5)C4)cc(C(=O)O)nc32)c1. The standard InChI is InChI=1S/C25H30N4O3/c1-16(2)22-21-20(28-10-7-25(15-28)8-11-32-12-9-25)14-19(24(30)31)26-23(21)29(27-22)18-6-4-5-17(3)13-18/h4-6,13-14,16H,7-12,15H2,1-3H3,(H,30,31). The number of rotatable bonds is 4. The lowest BCUT2D eigenvalue weighted by atomic mass is 9.80. The summed E-state index contributed by atoms with van der Waals surface area (Å²) >= 11 is 0. The highest BCUT2D eigenvalue weighted by atomic mass is 16.5. The van der Waals surface area contributed by atoms with Crippen molar-refractivity contribution >= 4 is 22.7 Å². The number of carboxylic acids is 1. The van der Waals surface area contributed by atoms with Crippen LogP contribution in [0.1, 0.15) is 60.8 Å². The molecule has 0 aliphatic carbocycles. The normalized spacial score (nSPS) is 18.2. The van der Waals surface area contributed by atoms with Crippen LogP contribution in [0.25, 0.3) is 16.7 Å². The predicted octanol–water partition coefficient (Wildman–Crippen LogP) is 4.56. The number of hydrogen-bond acceptors (Lipinski definition) is 5. The number of aromatic carboxylic acids is 1. The lowest BCUT2D eigenvalue weighted by Gasteiger charge is -2.33. The van der Waals surface area contributed by atoms with Gasteiger partial charge >= 0.3 is 5.97 Å². The third kappa shape index (κ3) is 3.54. The van der Waals surface area contributed by atoms with Crippen LogP contribution in [0.3, 0.4) is 0 Å². The average molecular weight is 435 g/mol. The smallest absolute Gasteiger partial charge is 0.354 e. The molecule has 7 nitrogen and oxygen atoms in total. The molecule has 2 saturated heterocycles. The van der Waals surface area contributed by atoms with Gasteiger partial charge in [-0.2, -0.15) is 5.10 Å². The summed E-state index contributed by atoms with van der Waals surface area (Å²) < 4.78 is 7.42. The minimum Gasteiger partial charge on any atom is -0.477 e. The minimum absolute atomic E-state index is 0.0598. The quantitative estimate of drug-likeness (QED) is 0.649. The molecular weight excluding hydrogens is 404 g/mol. The van der Waals surface area contributed by atoms with Gasteiger partial charge in [-0.25, -0.2) is 14.5 Å². The molecule has 7 heteroatoms. The number of aromatic nitrogens is 3. The van der Waals surface area contributed by atoms with E-state index in [1.54, 1.807) is 6.07 Å². The van der Waals surface area contributed by atoms with E-state index in [0.29, 0.717) is 5.65 Å². The number of anilines is 1. The van der Waals surface area contributed by atoms with E-state index in [9.17, 15) is 9.90 Å².